The minimum atomic E-state index is 0.817. The Bertz CT molecular complexity index is 239. The molecule has 0 aliphatic carbocycles. The van der Waals surface area contributed by atoms with Crippen LogP contribution < -0.4 is 0 Å². The molecule has 0 heterocycles. The molecule has 0 saturated heterocycles. The highest BCUT2D eigenvalue weighted by molar-refractivity contribution is 5.56. The van der Waals surface area contributed by atoms with E-state index >= 15 is 0 Å². The third-order valence-electron chi connectivity index (χ3n) is 2.46. The van der Waals surface area contributed by atoms with Gasteiger partial charge < -0.3 is 5.21 Å². The van der Waals surface area contributed by atoms with E-state index < -0.39 is 0 Å². The van der Waals surface area contributed by atoms with Crippen molar-refractivity contribution in [2.75, 3.05) is 0 Å². The van der Waals surface area contributed by atoms with Gasteiger partial charge in [-0.2, -0.15) is 0 Å². The predicted octanol–water partition coefficient (Wildman–Crippen LogP) is 4.31. The summed E-state index contributed by atoms with van der Waals surface area (Å²) >= 11 is 0. The highest BCUT2D eigenvalue weighted by atomic mass is 16.4. The number of hydrogen-bond acceptors (Lipinski definition) is 2. The first-order valence-electron chi connectivity index (χ1n) is 5.67. The standard InChI is InChI=1S/C13H23NO/c1-4-12(2)9-7-10-13(3)8-5-6-11-14-15/h8-9,11,15H,4-7,10H2,1-3H3. The van der Waals surface area contributed by atoms with Crippen LogP contribution in [-0.4, -0.2) is 11.4 Å². The van der Waals surface area contributed by atoms with Crippen molar-refractivity contribution in [3.8, 4) is 0 Å². The second-order valence-corrected chi connectivity index (χ2v) is 3.87. The maximum Gasteiger partial charge on any atom is 0.0439 e. The van der Waals surface area contributed by atoms with E-state index in [2.05, 4.69) is 38.1 Å². The van der Waals surface area contributed by atoms with Gasteiger partial charge >= 0.3 is 0 Å². The minimum Gasteiger partial charge on any atom is -0.411 e. The number of unbranched alkanes of at least 4 members (excludes halogenated alkanes) is 1. The van der Waals surface area contributed by atoms with Crippen LogP contribution in [0.15, 0.2) is 28.5 Å². The third-order valence-corrected chi connectivity index (χ3v) is 2.46. The smallest absolute Gasteiger partial charge is 0.0439 e. The SMILES string of the molecule is CCC(C)=CCCC(C)=CCCC=NO. The zero-order chi connectivity index (χ0) is 11.5. The second kappa shape index (κ2) is 9.50. The molecule has 0 aromatic rings. The van der Waals surface area contributed by atoms with Crippen LogP contribution in [0.25, 0.3) is 0 Å². The Morgan fingerprint density at radius 1 is 1.07 bits per heavy atom. The molecule has 0 saturated carbocycles. The van der Waals surface area contributed by atoms with E-state index in [1.807, 2.05) is 0 Å². The Morgan fingerprint density at radius 3 is 2.33 bits per heavy atom. The van der Waals surface area contributed by atoms with Crippen LogP contribution in [-0.2, 0) is 0 Å². The molecule has 0 amide bonds. The molecule has 15 heavy (non-hydrogen) atoms. The predicted molar refractivity (Wildman–Crippen MR) is 66.6 cm³/mol. The van der Waals surface area contributed by atoms with Crippen LogP contribution in [0.5, 0.6) is 0 Å². The first kappa shape index (κ1) is 13.9. The lowest BCUT2D eigenvalue weighted by molar-refractivity contribution is 0.320. The highest BCUT2D eigenvalue weighted by Crippen LogP contribution is 2.09. The van der Waals surface area contributed by atoms with Gasteiger partial charge in [0.15, 0.2) is 0 Å². The summed E-state index contributed by atoms with van der Waals surface area (Å²) in [6.07, 6.45) is 11.3. The summed E-state index contributed by atoms with van der Waals surface area (Å²) < 4.78 is 0. The largest absolute Gasteiger partial charge is 0.411 e. The fraction of sp³-hybridized carbons (Fsp3) is 0.615. The van der Waals surface area contributed by atoms with Crippen LogP contribution >= 0.6 is 0 Å². The number of oxime groups is 1. The lowest BCUT2D eigenvalue weighted by Gasteiger charge is -1.99. The first-order valence-corrected chi connectivity index (χ1v) is 5.67. The summed E-state index contributed by atoms with van der Waals surface area (Å²) in [6, 6.07) is 0. The maximum absolute atomic E-state index is 8.20. The Labute approximate surface area is 93.4 Å². The Morgan fingerprint density at radius 2 is 1.73 bits per heavy atom. The van der Waals surface area contributed by atoms with Crippen molar-refractivity contribution < 1.29 is 5.21 Å². The molecule has 86 valence electrons. The lowest BCUT2D eigenvalue weighted by Crippen LogP contribution is -1.80. The lowest BCUT2D eigenvalue weighted by atomic mass is 10.1. The van der Waals surface area contributed by atoms with Crippen molar-refractivity contribution in [2.45, 2.75) is 52.9 Å². The Balaban J connectivity index is 3.68. The molecule has 0 aliphatic rings. The summed E-state index contributed by atoms with van der Waals surface area (Å²) in [5.41, 5.74) is 2.89. The average Bonchev–Trinajstić information content (AvgIpc) is 2.24. The molecule has 1 N–H and O–H groups in total. The van der Waals surface area contributed by atoms with Gasteiger partial charge in [-0.25, -0.2) is 0 Å². The summed E-state index contributed by atoms with van der Waals surface area (Å²) in [5, 5.41) is 11.2. The highest BCUT2D eigenvalue weighted by Gasteiger charge is 1.89. The summed E-state index contributed by atoms with van der Waals surface area (Å²) in [5.74, 6) is 0. The molecule has 0 aromatic carbocycles. The van der Waals surface area contributed by atoms with E-state index in [-0.39, 0.29) is 0 Å². The van der Waals surface area contributed by atoms with Gasteiger partial charge in [-0.15, -0.1) is 5.16 Å². The molecular weight excluding hydrogens is 186 g/mol. The molecule has 0 aromatic heterocycles. The molecule has 0 rings (SSSR count). The topological polar surface area (TPSA) is 32.6 Å². The fourth-order valence-electron chi connectivity index (χ4n) is 1.25. The molecule has 0 atom stereocenters. The van der Waals surface area contributed by atoms with Gasteiger partial charge in [-0.1, -0.05) is 30.2 Å². The van der Waals surface area contributed by atoms with E-state index in [1.54, 1.807) is 0 Å². The number of hydrogen-bond donors (Lipinski definition) is 1. The zero-order valence-electron chi connectivity index (χ0n) is 10.2. The van der Waals surface area contributed by atoms with Crippen LogP contribution in [0.1, 0.15) is 52.9 Å². The second-order valence-electron chi connectivity index (χ2n) is 3.87. The minimum absolute atomic E-state index is 0.817. The summed E-state index contributed by atoms with van der Waals surface area (Å²) in [6.45, 7) is 6.52. The number of nitrogens with zero attached hydrogens (tertiary/aromatic N) is 1. The molecule has 0 spiro atoms. The van der Waals surface area contributed by atoms with E-state index in [4.69, 9.17) is 5.21 Å². The van der Waals surface area contributed by atoms with Gasteiger partial charge in [0, 0.05) is 6.21 Å². The van der Waals surface area contributed by atoms with Gasteiger partial charge in [-0.3, -0.25) is 0 Å². The maximum atomic E-state index is 8.20. The molecule has 0 fully saturated rings. The Kier molecular flexibility index (Phi) is 8.84. The van der Waals surface area contributed by atoms with Gasteiger partial charge in [-0.05, 0) is 46.0 Å². The van der Waals surface area contributed by atoms with Gasteiger partial charge in [0.1, 0.15) is 0 Å². The van der Waals surface area contributed by atoms with E-state index in [0.29, 0.717) is 0 Å². The van der Waals surface area contributed by atoms with Crippen LogP contribution in [0.3, 0.4) is 0 Å². The van der Waals surface area contributed by atoms with Crippen LogP contribution in [0, 0.1) is 0 Å². The van der Waals surface area contributed by atoms with Crippen molar-refractivity contribution >= 4 is 6.21 Å². The normalized spacial score (nSPS) is 13.8. The average molecular weight is 209 g/mol. The van der Waals surface area contributed by atoms with Crippen molar-refractivity contribution in [3.05, 3.63) is 23.3 Å². The molecule has 0 radical (unpaired) electrons. The van der Waals surface area contributed by atoms with Crippen LogP contribution in [0.2, 0.25) is 0 Å². The number of rotatable bonds is 7. The molecule has 0 bridgehead atoms. The van der Waals surface area contributed by atoms with Crippen molar-refractivity contribution in [3.63, 3.8) is 0 Å². The monoisotopic (exact) mass is 209 g/mol. The fourth-order valence-corrected chi connectivity index (χ4v) is 1.25. The van der Waals surface area contributed by atoms with Crippen LogP contribution in [0.4, 0.5) is 0 Å². The molecular formula is C13H23NO. The van der Waals surface area contributed by atoms with Gasteiger partial charge in [0.2, 0.25) is 0 Å². The molecule has 2 heteroatoms. The van der Waals surface area contributed by atoms with E-state index in [9.17, 15) is 0 Å². The number of allylic oxidation sites excluding steroid dienone is 4. The molecule has 2 nitrogen and oxygen atoms in total. The van der Waals surface area contributed by atoms with E-state index in [0.717, 1.165) is 32.1 Å². The zero-order valence-corrected chi connectivity index (χ0v) is 10.2. The van der Waals surface area contributed by atoms with Gasteiger partial charge in [0.25, 0.3) is 0 Å². The van der Waals surface area contributed by atoms with E-state index in [1.165, 1.54) is 17.4 Å². The molecule has 0 unspecified atom stereocenters. The van der Waals surface area contributed by atoms with Gasteiger partial charge in [0.05, 0.1) is 0 Å². The summed E-state index contributed by atoms with van der Waals surface area (Å²) in [7, 11) is 0. The Hall–Kier alpha value is -1.05. The summed E-state index contributed by atoms with van der Waals surface area (Å²) in [4.78, 5) is 0. The quantitative estimate of drug-likeness (QED) is 0.219. The van der Waals surface area contributed by atoms with Crippen molar-refractivity contribution in [2.24, 2.45) is 5.16 Å². The molecule has 0 aliphatic heterocycles. The third kappa shape index (κ3) is 9.26. The first-order chi connectivity index (χ1) is 7.20. The van der Waals surface area contributed by atoms with Crippen molar-refractivity contribution in [1.82, 2.24) is 0 Å². The van der Waals surface area contributed by atoms with Crippen molar-refractivity contribution in [1.29, 1.82) is 0 Å².